The van der Waals surface area contributed by atoms with Crippen LogP contribution in [0.5, 0.6) is 0 Å². The van der Waals surface area contributed by atoms with Crippen molar-refractivity contribution in [3.63, 3.8) is 0 Å². The highest BCUT2D eigenvalue weighted by Crippen LogP contribution is 2.57. The van der Waals surface area contributed by atoms with Crippen LogP contribution in [-0.4, -0.2) is 12.5 Å². The fourth-order valence-electron chi connectivity index (χ4n) is 6.50. The van der Waals surface area contributed by atoms with Crippen molar-refractivity contribution >= 4 is 5.91 Å². The molecule has 0 aliphatic heterocycles. The van der Waals surface area contributed by atoms with E-state index in [1.165, 1.54) is 36.8 Å². The molecule has 6 heteroatoms. The summed E-state index contributed by atoms with van der Waals surface area (Å²) in [4.78, 5) is 12.7. The van der Waals surface area contributed by atoms with Gasteiger partial charge in [0.05, 0.1) is 5.56 Å². The van der Waals surface area contributed by atoms with Gasteiger partial charge >= 0.3 is 6.18 Å². The Bertz CT molecular complexity index is 1100. The molecule has 3 saturated carbocycles. The van der Waals surface area contributed by atoms with E-state index in [-0.39, 0.29) is 30.4 Å². The third-order valence-electron chi connectivity index (χ3n) is 8.44. The third-order valence-corrected chi connectivity index (χ3v) is 8.44. The van der Waals surface area contributed by atoms with Gasteiger partial charge in [0.1, 0.15) is 5.82 Å². The average Bonchev–Trinajstić information content (AvgIpc) is 3.58. The number of nitrogens with one attached hydrogen (secondary N) is 1. The predicted molar refractivity (Wildman–Crippen MR) is 132 cm³/mol. The Morgan fingerprint density at radius 2 is 1.72 bits per heavy atom. The summed E-state index contributed by atoms with van der Waals surface area (Å²) < 4.78 is 52.3. The molecule has 3 atom stereocenters. The zero-order valence-corrected chi connectivity index (χ0v) is 20.4. The fourth-order valence-corrected chi connectivity index (χ4v) is 6.50. The highest BCUT2D eigenvalue weighted by Gasteiger charge is 2.55. The maximum Gasteiger partial charge on any atom is 0.416 e. The molecule has 0 saturated heterocycles. The number of hydrogen-bond donors (Lipinski definition) is 1. The smallest absolute Gasteiger partial charge is 0.356 e. The summed E-state index contributed by atoms with van der Waals surface area (Å²) in [7, 11) is 0. The first-order valence-corrected chi connectivity index (χ1v) is 13.2. The Hall–Kier alpha value is -2.63. The monoisotopic (exact) mass is 499 g/mol. The Labute approximate surface area is 210 Å². The molecule has 2 aromatic rings. The van der Waals surface area contributed by atoms with E-state index in [4.69, 9.17) is 0 Å². The molecule has 3 aliphatic carbocycles. The maximum absolute atomic E-state index is 13.6. The van der Waals surface area contributed by atoms with Crippen LogP contribution in [0.2, 0.25) is 0 Å². The van der Waals surface area contributed by atoms with Gasteiger partial charge in [0.15, 0.2) is 0 Å². The Morgan fingerprint density at radius 1 is 0.972 bits per heavy atom. The molecule has 36 heavy (non-hydrogen) atoms. The lowest BCUT2D eigenvalue weighted by Gasteiger charge is -2.28. The average molecular weight is 500 g/mol. The number of hydrogen-bond acceptors (Lipinski definition) is 1. The van der Waals surface area contributed by atoms with E-state index in [0.717, 1.165) is 31.4 Å². The number of benzene rings is 2. The van der Waals surface area contributed by atoms with Gasteiger partial charge in [-0.3, -0.25) is 4.79 Å². The van der Waals surface area contributed by atoms with Gasteiger partial charge in [-0.25, -0.2) is 4.39 Å². The van der Waals surface area contributed by atoms with Crippen LogP contribution in [-0.2, 0) is 17.4 Å². The highest BCUT2D eigenvalue weighted by atomic mass is 19.4. The minimum Gasteiger partial charge on any atom is -0.356 e. The number of rotatable bonds is 6. The van der Waals surface area contributed by atoms with Crippen molar-refractivity contribution in [3.05, 3.63) is 82.7 Å². The largest absolute Gasteiger partial charge is 0.416 e. The van der Waals surface area contributed by atoms with E-state index in [1.807, 2.05) is 0 Å². The van der Waals surface area contributed by atoms with Gasteiger partial charge in [-0.2, -0.15) is 13.2 Å². The first kappa shape index (κ1) is 25.0. The van der Waals surface area contributed by atoms with Crippen molar-refractivity contribution in [1.29, 1.82) is 0 Å². The molecule has 2 aromatic carbocycles. The summed E-state index contributed by atoms with van der Waals surface area (Å²) in [6.45, 7) is 0.211. The van der Waals surface area contributed by atoms with E-state index < -0.39 is 17.6 Å². The molecule has 0 aromatic heterocycles. The molecule has 0 spiro atoms. The topological polar surface area (TPSA) is 29.1 Å². The summed E-state index contributed by atoms with van der Waals surface area (Å²) in [5.41, 5.74) is 2.19. The Balaban J connectivity index is 1.08. The zero-order chi connectivity index (χ0) is 25.3. The second-order valence-corrected chi connectivity index (χ2v) is 10.8. The molecule has 0 unspecified atom stereocenters. The molecule has 3 aliphatic rings. The van der Waals surface area contributed by atoms with Crippen LogP contribution in [0.25, 0.3) is 0 Å². The summed E-state index contributed by atoms with van der Waals surface area (Å²) >= 11 is 0. The van der Waals surface area contributed by atoms with Gasteiger partial charge in [0.25, 0.3) is 0 Å². The van der Waals surface area contributed by atoms with Crippen molar-refractivity contribution in [2.24, 2.45) is 23.7 Å². The zero-order valence-electron chi connectivity index (χ0n) is 20.4. The predicted octanol–water partition coefficient (Wildman–Crippen LogP) is 7.45. The fraction of sp³-hybridized carbons (Fsp3) is 0.500. The van der Waals surface area contributed by atoms with Crippen LogP contribution in [0.15, 0.2) is 60.2 Å². The quantitative estimate of drug-likeness (QED) is 0.325. The van der Waals surface area contributed by atoms with Crippen molar-refractivity contribution < 1.29 is 22.4 Å². The summed E-state index contributed by atoms with van der Waals surface area (Å²) in [5, 5.41) is 2.88. The minimum absolute atomic E-state index is 0.00274. The molecule has 3 fully saturated rings. The van der Waals surface area contributed by atoms with Gasteiger partial charge in [-0.05, 0) is 104 Å². The van der Waals surface area contributed by atoms with E-state index >= 15 is 0 Å². The Morgan fingerprint density at radius 3 is 2.44 bits per heavy atom. The molecule has 5 rings (SSSR count). The first-order valence-electron chi connectivity index (χ1n) is 13.2. The number of allylic oxidation sites excluding steroid dienone is 2. The molecule has 1 amide bonds. The normalized spacial score (nSPS) is 29.0. The standard InChI is InChI=1S/C30H33F4NO/c31-25-16-21(15-24(18-25)30(32,33)34)12-13-35-29(36)28-26-11-8-20(17-27(26)28)14-19-6-9-23(10-7-19)22-4-2-1-3-5-22/h1-5,14-16,18-19,23,26-28H,6-13,17H2,(H,35,36)/t19?,23?,26-,27+,28+/m1/s1. The first-order chi connectivity index (χ1) is 17.3. The summed E-state index contributed by atoms with van der Waals surface area (Å²) in [6.07, 6.45) is 6.06. The van der Waals surface area contributed by atoms with Gasteiger partial charge in [-0.15, -0.1) is 0 Å². The van der Waals surface area contributed by atoms with Crippen molar-refractivity contribution in [1.82, 2.24) is 5.32 Å². The Kier molecular flexibility index (Phi) is 7.23. The second-order valence-electron chi connectivity index (χ2n) is 10.8. The van der Waals surface area contributed by atoms with Gasteiger partial charge in [0.2, 0.25) is 5.91 Å². The maximum atomic E-state index is 13.6. The molecule has 0 radical (unpaired) electrons. The number of halogens is 4. The minimum atomic E-state index is -4.59. The van der Waals surface area contributed by atoms with E-state index in [2.05, 4.69) is 41.7 Å². The van der Waals surface area contributed by atoms with Gasteiger partial charge < -0.3 is 5.32 Å². The van der Waals surface area contributed by atoms with Crippen LogP contribution < -0.4 is 5.32 Å². The van der Waals surface area contributed by atoms with Crippen LogP contribution in [0.1, 0.15) is 67.6 Å². The van der Waals surface area contributed by atoms with Crippen LogP contribution in [0.3, 0.4) is 0 Å². The SMILES string of the molecule is O=C(NCCc1cc(F)cc(C(F)(F)F)c1)[C@H]1[C@@H]2CCC(=CC3CCC(c4ccccc4)CC3)C[C@@H]21. The lowest BCUT2D eigenvalue weighted by molar-refractivity contribution is -0.137. The van der Waals surface area contributed by atoms with E-state index in [0.29, 0.717) is 29.7 Å². The van der Waals surface area contributed by atoms with Crippen LogP contribution in [0.4, 0.5) is 17.6 Å². The summed E-state index contributed by atoms with van der Waals surface area (Å²) in [6, 6.07) is 13.3. The van der Waals surface area contributed by atoms with Crippen molar-refractivity contribution in [2.45, 2.75) is 63.5 Å². The number of alkyl halides is 3. The molecule has 0 heterocycles. The molecule has 2 nitrogen and oxygen atoms in total. The van der Waals surface area contributed by atoms with E-state index in [1.54, 1.807) is 0 Å². The molecule has 192 valence electrons. The lowest BCUT2D eigenvalue weighted by atomic mass is 9.77. The molecule has 0 bridgehead atoms. The number of amides is 1. The van der Waals surface area contributed by atoms with Gasteiger partial charge in [-0.1, -0.05) is 42.0 Å². The number of fused-ring (bicyclic) bond motifs is 1. The van der Waals surface area contributed by atoms with Crippen molar-refractivity contribution in [2.75, 3.05) is 6.54 Å². The van der Waals surface area contributed by atoms with Crippen LogP contribution in [0, 0.1) is 29.5 Å². The second kappa shape index (κ2) is 10.4. The highest BCUT2D eigenvalue weighted by molar-refractivity contribution is 5.82. The van der Waals surface area contributed by atoms with Crippen LogP contribution >= 0.6 is 0 Å². The third kappa shape index (κ3) is 5.84. The van der Waals surface area contributed by atoms with Gasteiger partial charge in [0, 0.05) is 12.5 Å². The molecular formula is C30H33F4NO. The van der Waals surface area contributed by atoms with E-state index in [9.17, 15) is 22.4 Å². The summed E-state index contributed by atoms with van der Waals surface area (Å²) in [5.74, 6) is 1.19. The number of carbonyl (C=O) groups is 1. The lowest BCUT2D eigenvalue weighted by Crippen LogP contribution is -2.28. The molecule has 1 N–H and O–H groups in total. The van der Waals surface area contributed by atoms with Crippen molar-refractivity contribution in [3.8, 4) is 0 Å². The molecular weight excluding hydrogens is 466 g/mol. The number of carbonyl (C=O) groups excluding carboxylic acids is 1.